The molecule has 1 heterocycles. The second kappa shape index (κ2) is 6.90. The highest BCUT2D eigenvalue weighted by atomic mass is 32.1. The highest BCUT2D eigenvalue weighted by Crippen LogP contribution is 2.08. The van der Waals surface area contributed by atoms with Crippen LogP contribution in [0.5, 0.6) is 0 Å². The van der Waals surface area contributed by atoms with Gasteiger partial charge in [0.1, 0.15) is 5.84 Å². The van der Waals surface area contributed by atoms with Crippen molar-refractivity contribution in [2.75, 3.05) is 13.1 Å². The van der Waals surface area contributed by atoms with Gasteiger partial charge < -0.3 is 15.8 Å². The Bertz CT molecular complexity index is 376. The molecule has 0 bridgehead atoms. The van der Waals surface area contributed by atoms with Crippen LogP contribution in [-0.2, 0) is 11.2 Å². The molecule has 6 heteroatoms. The minimum Gasteiger partial charge on any atom is -0.409 e. The minimum absolute atomic E-state index is 0.0663. The van der Waals surface area contributed by atoms with E-state index in [1.165, 1.54) is 0 Å². The molecular weight excluding hydrogens is 238 g/mol. The van der Waals surface area contributed by atoms with Crippen LogP contribution in [0.3, 0.4) is 0 Å². The highest BCUT2D eigenvalue weighted by molar-refractivity contribution is 7.07. The smallest absolute Gasteiger partial charge is 0.227 e. The summed E-state index contributed by atoms with van der Waals surface area (Å²) in [7, 11) is 0. The van der Waals surface area contributed by atoms with E-state index in [-0.39, 0.29) is 11.7 Å². The maximum absolute atomic E-state index is 11.9. The number of nitrogens with zero attached hydrogens (tertiary/aromatic N) is 2. The Balaban J connectivity index is 2.46. The lowest BCUT2D eigenvalue weighted by molar-refractivity contribution is -0.130. The van der Waals surface area contributed by atoms with E-state index in [0.717, 1.165) is 5.56 Å². The third-order valence-corrected chi connectivity index (χ3v) is 3.17. The maximum Gasteiger partial charge on any atom is 0.227 e. The van der Waals surface area contributed by atoms with Crippen LogP contribution in [0.2, 0.25) is 0 Å². The van der Waals surface area contributed by atoms with Crippen LogP contribution in [0.25, 0.3) is 0 Å². The number of carbonyl (C=O) groups is 1. The summed E-state index contributed by atoms with van der Waals surface area (Å²) < 4.78 is 0. The zero-order chi connectivity index (χ0) is 12.7. The number of amidine groups is 1. The van der Waals surface area contributed by atoms with E-state index in [1.807, 2.05) is 23.8 Å². The first-order valence-corrected chi connectivity index (χ1v) is 6.37. The van der Waals surface area contributed by atoms with Crippen LogP contribution in [0.1, 0.15) is 18.9 Å². The Morgan fingerprint density at radius 1 is 1.65 bits per heavy atom. The molecule has 0 radical (unpaired) electrons. The fourth-order valence-corrected chi connectivity index (χ4v) is 2.11. The largest absolute Gasteiger partial charge is 0.409 e. The summed E-state index contributed by atoms with van der Waals surface area (Å²) in [6.45, 7) is 3.02. The Labute approximate surface area is 105 Å². The molecule has 3 N–H and O–H groups in total. The van der Waals surface area contributed by atoms with E-state index in [0.29, 0.717) is 25.9 Å². The molecular formula is C11H17N3O2S. The van der Waals surface area contributed by atoms with E-state index in [9.17, 15) is 4.79 Å². The molecule has 1 rings (SSSR count). The number of oxime groups is 1. The number of rotatable bonds is 6. The first-order chi connectivity index (χ1) is 8.17. The Morgan fingerprint density at radius 3 is 2.94 bits per heavy atom. The number of nitrogens with two attached hydrogens (primary N) is 1. The first kappa shape index (κ1) is 13.5. The number of hydrogen-bond donors (Lipinski definition) is 2. The monoisotopic (exact) mass is 255 g/mol. The van der Waals surface area contributed by atoms with Crippen LogP contribution in [-0.4, -0.2) is 34.9 Å². The minimum atomic E-state index is 0.0663. The SMILES string of the molecule is CCN(CC/C(N)=N/O)C(=O)Cc1ccsc1. The van der Waals surface area contributed by atoms with E-state index >= 15 is 0 Å². The normalized spacial score (nSPS) is 11.5. The lowest BCUT2D eigenvalue weighted by Gasteiger charge is -2.20. The molecule has 1 aromatic heterocycles. The van der Waals surface area contributed by atoms with Crippen molar-refractivity contribution in [2.24, 2.45) is 10.9 Å². The summed E-state index contributed by atoms with van der Waals surface area (Å²) in [5, 5.41) is 15.2. The van der Waals surface area contributed by atoms with Gasteiger partial charge in [0.2, 0.25) is 5.91 Å². The Morgan fingerprint density at radius 2 is 2.41 bits per heavy atom. The third kappa shape index (κ3) is 4.44. The van der Waals surface area contributed by atoms with Crippen molar-refractivity contribution in [3.05, 3.63) is 22.4 Å². The quantitative estimate of drug-likeness (QED) is 0.348. The van der Waals surface area contributed by atoms with Gasteiger partial charge in [0, 0.05) is 19.5 Å². The summed E-state index contributed by atoms with van der Waals surface area (Å²) in [6, 6.07) is 1.94. The predicted molar refractivity (Wildman–Crippen MR) is 68.3 cm³/mol. The second-order valence-corrected chi connectivity index (χ2v) is 4.40. The van der Waals surface area contributed by atoms with Gasteiger partial charge in [-0.1, -0.05) is 5.16 Å². The zero-order valence-electron chi connectivity index (χ0n) is 9.80. The average molecular weight is 255 g/mol. The number of amides is 1. The maximum atomic E-state index is 11.9. The first-order valence-electron chi connectivity index (χ1n) is 5.42. The molecule has 0 saturated heterocycles. The lowest BCUT2D eigenvalue weighted by Crippen LogP contribution is -2.34. The van der Waals surface area contributed by atoms with Crippen LogP contribution in [0, 0.1) is 0 Å². The summed E-state index contributed by atoms with van der Waals surface area (Å²) in [4.78, 5) is 13.6. The van der Waals surface area contributed by atoms with Crippen molar-refractivity contribution >= 4 is 23.1 Å². The molecule has 0 unspecified atom stereocenters. The molecule has 5 nitrogen and oxygen atoms in total. The Kier molecular flexibility index (Phi) is 5.48. The van der Waals surface area contributed by atoms with Crippen molar-refractivity contribution in [1.82, 2.24) is 4.90 Å². The van der Waals surface area contributed by atoms with Crippen molar-refractivity contribution < 1.29 is 10.0 Å². The van der Waals surface area contributed by atoms with Gasteiger partial charge in [-0.25, -0.2) is 0 Å². The van der Waals surface area contributed by atoms with Crippen LogP contribution < -0.4 is 5.73 Å². The molecule has 0 spiro atoms. The van der Waals surface area contributed by atoms with Gasteiger partial charge in [-0.05, 0) is 29.3 Å². The van der Waals surface area contributed by atoms with Crippen molar-refractivity contribution in [3.63, 3.8) is 0 Å². The van der Waals surface area contributed by atoms with Gasteiger partial charge in [0.15, 0.2) is 0 Å². The van der Waals surface area contributed by atoms with Gasteiger partial charge in [0.05, 0.1) is 6.42 Å². The summed E-state index contributed by atoms with van der Waals surface area (Å²) in [5.74, 6) is 0.212. The number of thiophene rings is 1. The summed E-state index contributed by atoms with van der Waals surface area (Å²) in [5.41, 5.74) is 6.41. The fraction of sp³-hybridized carbons (Fsp3) is 0.455. The molecule has 1 aromatic rings. The molecule has 0 aromatic carbocycles. The Hall–Kier alpha value is -1.56. The van der Waals surface area contributed by atoms with Gasteiger partial charge in [0.25, 0.3) is 0 Å². The number of hydrogen-bond acceptors (Lipinski definition) is 4. The van der Waals surface area contributed by atoms with E-state index in [4.69, 9.17) is 10.9 Å². The number of likely N-dealkylation sites (N-methyl/N-ethyl adjacent to an activating group) is 1. The molecule has 0 saturated carbocycles. The van der Waals surface area contributed by atoms with Crippen molar-refractivity contribution in [3.8, 4) is 0 Å². The lowest BCUT2D eigenvalue weighted by atomic mass is 10.2. The third-order valence-electron chi connectivity index (χ3n) is 2.44. The topological polar surface area (TPSA) is 78.9 Å². The van der Waals surface area contributed by atoms with Gasteiger partial charge >= 0.3 is 0 Å². The molecule has 17 heavy (non-hydrogen) atoms. The van der Waals surface area contributed by atoms with Crippen LogP contribution in [0.4, 0.5) is 0 Å². The van der Waals surface area contributed by atoms with E-state index < -0.39 is 0 Å². The molecule has 0 aliphatic rings. The predicted octanol–water partition coefficient (Wildman–Crippen LogP) is 1.28. The van der Waals surface area contributed by atoms with Gasteiger partial charge in [-0.2, -0.15) is 11.3 Å². The average Bonchev–Trinajstić information content (AvgIpc) is 2.82. The molecule has 1 amide bonds. The van der Waals surface area contributed by atoms with Crippen LogP contribution in [0.15, 0.2) is 22.0 Å². The second-order valence-electron chi connectivity index (χ2n) is 3.62. The van der Waals surface area contributed by atoms with E-state index in [2.05, 4.69) is 5.16 Å². The molecule has 0 atom stereocenters. The molecule has 0 aliphatic carbocycles. The zero-order valence-corrected chi connectivity index (χ0v) is 10.6. The highest BCUT2D eigenvalue weighted by Gasteiger charge is 2.12. The number of carbonyl (C=O) groups excluding carboxylic acids is 1. The molecule has 94 valence electrons. The summed E-state index contributed by atoms with van der Waals surface area (Å²) in [6.07, 6.45) is 0.799. The van der Waals surface area contributed by atoms with E-state index in [1.54, 1.807) is 16.2 Å². The van der Waals surface area contributed by atoms with Gasteiger partial charge in [-0.3, -0.25) is 4.79 Å². The molecule has 0 aliphatic heterocycles. The fourth-order valence-electron chi connectivity index (χ4n) is 1.44. The standard InChI is InChI=1S/C11H17N3O2S/c1-2-14(5-3-10(12)13-16)11(15)7-9-4-6-17-8-9/h4,6,8,16H,2-3,5,7H2,1H3,(H2,12,13). The van der Waals surface area contributed by atoms with Gasteiger partial charge in [-0.15, -0.1) is 0 Å². The molecule has 0 fully saturated rings. The van der Waals surface area contributed by atoms with Crippen molar-refractivity contribution in [2.45, 2.75) is 19.8 Å². The van der Waals surface area contributed by atoms with Crippen molar-refractivity contribution in [1.29, 1.82) is 0 Å². The summed E-state index contributed by atoms with van der Waals surface area (Å²) >= 11 is 1.58. The van der Waals surface area contributed by atoms with Crippen LogP contribution >= 0.6 is 11.3 Å².